The van der Waals surface area contributed by atoms with Gasteiger partial charge in [0.1, 0.15) is 5.69 Å². The van der Waals surface area contributed by atoms with Gasteiger partial charge in [0.15, 0.2) is 9.78 Å². The van der Waals surface area contributed by atoms with Crippen LogP contribution in [0.3, 0.4) is 0 Å². The van der Waals surface area contributed by atoms with E-state index in [4.69, 9.17) is 12.2 Å². The van der Waals surface area contributed by atoms with E-state index in [9.17, 15) is 0 Å². The largest absolute Gasteiger partial charge is 0.357 e. The van der Waals surface area contributed by atoms with Gasteiger partial charge in [-0.05, 0) is 29.3 Å². The summed E-state index contributed by atoms with van der Waals surface area (Å²) in [7, 11) is 1.92. The van der Waals surface area contributed by atoms with Gasteiger partial charge in [0.25, 0.3) is 0 Å². The van der Waals surface area contributed by atoms with Gasteiger partial charge in [-0.1, -0.05) is 51.1 Å². The first-order chi connectivity index (χ1) is 9.86. The number of nitrogens with one attached hydrogen (secondary N) is 1. The number of benzene rings is 1. The van der Waals surface area contributed by atoms with Crippen LogP contribution >= 0.6 is 23.8 Å². The maximum atomic E-state index is 5.32. The van der Waals surface area contributed by atoms with Crippen LogP contribution in [0.25, 0.3) is 0 Å². The molecule has 0 saturated heterocycles. The Kier molecular flexibility index (Phi) is 4.90. The smallest absolute Gasteiger partial charge is 0.194 e. The van der Waals surface area contributed by atoms with Crippen LogP contribution < -0.4 is 9.99 Å². The molecule has 0 fully saturated rings. The number of thiocarbonyl (C=S) groups is 1. The highest BCUT2D eigenvalue weighted by atomic mass is 32.1. The number of rotatable bonds is 2. The summed E-state index contributed by atoms with van der Waals surface area (Å²) in [4.78, 5) is 4.52. The van der Waals surface area contributed by atoms with Crippen LogP contribution in [0.4, 0.5) is 0 Å². The lowest BCUT2D eigenvalue weighted by Gasteiger charge is -2.13. The average Bonchev–Trinajstić information content (AvgIpc) is 2.78. The van der Waals surface area contributed by atoms with E-state index in [1.807, 2.05) is 29.3 Å². The monoisotopic (exact) mass is 320 g/mol. The summed E-state index contributed by atoms with van der Waals surface area (Å²) >= 11 is 6.82. The Morgan fingerprint density at radius 3 is 2.62 bits per heavy atom. The number of hydrogen-bond acceptors (Lipinski definition) is 3. The Bertz CT molecular complexity index is 678. The highest BCUT2D eigenvalue weighted by Gasteiger charge is 2.20. The van der Waals surface area contributed by atoms with Crippen molar-refractivity contribution in [3.05, 3.63) is 46.3 Å². The molecule has 0 bridgehead atoms. The topological polar surface area (TPSA) is 42.2 Å². The van der Waals surface area contributed by atoms with Gasteiger partial charge in [-0.2, -0.15) is 5.10 Å². The van der Waals surface area contributed by atoms with Crippen molar-refractivity contribution in [1.29, 1.82) is 0 Å². The van der Waals surface area contributed by atoms with Crippen LogP contribution in [-0.4, -0.2) is 14.3 Å². The molecule has 0 amide bonds. The molecule has 6 heteroatoms. The van der Waals surface area contributed by atoms with Gasteiger partial charge in [-0.15, -0.1) is 0 Å². The van der Waals surface area contributed by atoms with E-state index in [1.54, 1.807) is 0 Å². The predicted octanol–water partition coefficient (Wildman–Crippen LogP) is 2.75. The van der Waals surface area contributed by atoms with Crippen molar-refractivity contribution < 1.29 is 0 Å². The molecule has 1 N–H and O–H groups in total. The van der Waals surface area contributed by atoms with Crippen LogP contribution in [0.5, 0.6) is 0 Å². The van der Waals surface area contributed by atoms with Crippen LogP contribution in [-0.2, 0) is 19.0 Å². The Labute approximate surface area is 134 Å². The van der Waals surface area contributed by atoms with Gasteiger partial charge in [-0.3, -0.25) is 0 Å². The molecule has 0 saturated carbocycles. The SMILES string of the molecule is Cn1nc(C(C)(C)C)c(=NC(=S)NCc2ccccc2)s1. The van der Waals surface area contributed by atoms with Crippen LogP contribution in [0, 0.1) is 0 Å². The lowest BCUT2D eigenvalue weighted by molar-refractivity contribution is 0.550. The first-order valence-electron chi connectivity index (χ1n) is 6.78. The van der Waals surface area contributed by atoms with E-state index in [0.29, 0.717) is 11.7 Å². The molecule has 0 radical (unpaired) electrons. The number of aromatic nitrogens is 2. The second kappa shape index (κ2) is 6.49. The molecule has 1 aromatic carbocycles. The van der Waals surface area contributed by atoms with Gasteiger partial charge in [-0.25, -0.2) is 9.06 Å². The molecule has 0 aliphatic carbocycles. The highest BCUT2D eigenvalue weighted by Crippen LogP contribution is 2.17. The third-order valence-electron chi connectivity index (χ3n) is 2.86. The van der Waals surface area contributed by atoms with Crippen molar-refractivity contribution in [2.75, 3.05) is 0 Å². The van der Waals surface area contributed by atoms with Gasteiger partial charge >= 0.3 is 0 Å². The lowest BCUT2D eigenvalue weighted by atomic mass is 9.93. The molecular formula is C15H20N4S2. The molecule has 0 aliphatic heterocycles. The molecule has 2 aromatic rings. The third kappa shape index (κ3) is 4.47. The minimum absolute atomic E-state index is 0.0500. The molecule has 2 rings (SSSR count). The van der Waals surface area contributed by atoms with Crippen LogP contribution in [0.2, 0.25) is 0 Å². The summed E-state index contributed by atoms with van der Waals surface area (Å²) in [6.45, 7) is 7.06. The quantitative estimate of drug-likeness (QED) is 0.865. The highest BCUT2D eigenvalue weighted by molar-refractivity contribution is 7.80. The van der Waals surface area contributed by atoms with E-state index in [-0.39, 0.29) is 5.41 Å². The number of aryl methyl sites for hydroxylation is 1. The minimum atomic E-state index is -0.0500. The summed E-state index contributed by atoms with van der Waals surface area (Å²) in [5.41, 5.74) is 2.10. The first kappa shape index (κ1) is 15.9. The standard InChI is InChI=1S/C15H20N4S2/c1-15(2,3)12-13(21-19(4)18-12)17-14(20)16-10-11-8-6-5-7-9-11/h5-9H,10H2,1-4H3,(H,16,20). The summed E-state index contributed by atoms with van der Waals surface area (Å²) in [6, 6.07) is 10.1. The summed E-state index contributed by atoms with van der Waals surface area (Å²) in [5, 5.41) is 8.17. The molecular weight excluding hydrogens is 300 g/mol. The summed E-state index contributed by atoms with van der Waals surface area (Å²) in [5.74, 6) is 0. The molecule has 21 heavy (non-hydrogen) atoms. The summed E-state index contributed by atoms with van der Waals surface area (Å²) in [6.07, 6.45) is 0. The molecule has 0 spiro atoms. The fraction of sp³-hybridized carbons (Fsp3) is 0.400. The molecule has 112 valence electrons. The van der Waals surface area contributed by atoms with E-state index >= 15 is 0 Å². The lowest BCUT2D eigenvalue weighted by Crippen LogP contribution is -2.25. The summed E-state index contributed by atoms with van der Waals surface area (Å²) < 4.78 is 2.69. The van der Waals surface area contributed by atoms with Crippen molar-refractivity contribution in [2.24, 2.45) is 12.0 Å². The van der Waals surface area contributed by atoms with Gasteiger partial charge in [0.05, 0.1) is 0 Å². The van der Waals surface area contributed by atoms with Crippen molar-refractivity contribution in [3.63, 3.8) is 0 Å². The maximum Gasteiger partial charge on any atom is 0.194 e. The first-order valence-corrected chi connectivity index (χ1v) is 7.96. The zero-order valence-electron chi connectivity index (χ0n) is 12.8. The van der Waals surface area contributed by atoms with E-state index in [2.05, 4.69) is 48.3 Å². The Morgan fingerprint density at radius 1 is 1.33 bits per heavy atom. The molecule has 0 atom stereocenters. The van der Waals surface area contributed by atoms with Crippen molar-refractivity contribution in [1.82, 2.24) is 14.5 Å². The van der Waals surface area contributed by atoms with Gasteiger partial charge < -0.3 is 5.32 Å². The molecule has 1 heterocycles. The molecule has 0 unspecified atom stereocenters. The maximum absolute atomic E-state index is 5.32. The zero-order chi connectivity index (χ0) is 15.5. The van der Waals surface area contributed by atoms with Crippen molar-refractivity contribution in [2.45, 2.75) is 32.7 Å². The van der Waals surface area contributed by atoms with Crippen molar-refractivity contribution in [3.8, 4) is 0 Å². The Hall–Kier alpha value is -1.53. The zero-order valence-corrected chi connectivity index (χ0v) is 14.4. The van der Waals surface area contributed by atoms with Gasteiger partial charge in [0.2, 0.25) is 0 Å². The van der Waals surface area contributed by atoms with Crippen LogP contribution in [0.15, 0.2) is 35.3 Å². The number of nitrogens with zero attached hydrogens (tertiary/aromatic N) is 3. The van der Waals surface area contributed by atoms with E-state index in [0.717, 1.165) is 10.4 Å². The van der Waals surface area contributed by atoms with E-state index < -0.39 is 0 Å². The second-order valence-corrected chi connectivity index (χ2v) is 7.30. The van der Waals surface area contributed by atoms with Crippen molar-refractivity contribution >= 4 is 28.9 Å². The second-order valence-electron chi connectivity index (χ2n) is 5.82. The Morgan fingerprint density at radius 2 is 2.00 bits per heavy atom. The van der Waals surface area contributed by atoms with Crippen LogP contribution in [0.1, 0.15) is 32.0 Å². The molecule has 1 aromatic heterocycles. The number of hydrogen-bond donors (Lipinski definition) is 1. The molecule has 4 nitrogen and oxygen atoms in total. The van der Waals surface area contributed by atoms with Gasteiger partial charge in [0, 0.05) is 19.0 Å². The average molecular weight is 320 g/mol. The third-order valence-corrected chi connectivity index (χ3v) is 3.90. The fourth-order valence-corrected chi connectivity index (χ4v) is 2.98. The van der Waals surface area contributed by atoms with E-state index in [1.165, 1.54) is 17.1 Å². The normalized spacial score (nSPS) is 12.5. The minimum Gasteiger partial charge on any atom is -0.357 e. The predicted molar refractivity (Wildman–Crippen MR) is 91.2 cm³/mol. The molecule has 0 aliphatic rings. The Balaban J connectivity index is 2.14. The fourth-order valence-electron chi connectivity index (χ4n) is 1.82.